The van der Waals surface area contributed by atoms with Gasteiger partial charge in [-0.3, -0.25) is 24.1 Å². The van der Waals surface area contributed by atoms with E-state index in [1.54, 1.807) is 38.5 Å². The van der Waals surface area contributed by atoms with Crippen molar-refractivity contribution in [3.8, 4) is 17.2 Å². The molecule has 0 saturated carbocycles. The first kappa shape index (κ1) is 31.5. The molecular formula is C38H29BrFNO7. The zero-order valence-electron chi connectivity index (χ0n) is 25.9. The van der Waals surface area contributed by atoms with Crippen molar-refractivity contribution in [3.63, 3.8) is 0 Å². The van der Waals surface area contributed by atoms with E-state index in [0.29, 0.717) is 22.8 Å². The number of ketones is 2. The molecule has 0 aromatic heterocycles. The number of halogens is 2. The number of carbonyl (C=O) groups excluding carboxylic acids is 4. The highest BCUT2D eigenvalue weighted by Gasteiger charge is 2.57. The number of Topliss-reactive ketones (excluding diaryl/α,β-unsaturated/α-hetero) is 1. The maximum absolute atomic E-state index is 14.6. The molecule has 0 unspecified atom stereocenters. The molecule has 1 fully saturated rings. The molecule has 3 aliphatic carbocycles. The Hall–Kier alpha value is -5.09. The molecule has 0 bridgehead atoms. The Morgan fingerprint density at radius 3 is 2.44 bits per heavy atom. The average Bonchev–Trinajstić information content (AvgIpc) is 3.35. The van der Waals surface area contributed by atoms with Crippen molar-refractivity contribution in [2.75, 3.05) is 19.1 Å². The lowest BCUT2D eigenvalue weighted by molar-refractivity contribution is -0.123. The van der Waals surface area contributed by atoms with Gasteiger partial charge < -0.3 is 14.6 Å². The summed E-state index contributed by atoms with van der Waals surface area (Å²) < 4.78 is 25.5. The smallest absolute Gasteiger partial charge is 0.238 e. The number of phenolic OH excluding ortho intramolecular Hbond substituents is 1. The lowest BCUT2D eigenvalue weighted by atomic mass is 9.59. The van der Waals surface area contributed by atoms with E-state index in [2.05, 4.69) is 15.9 Å². The summed E-state index contributed by atoms with van der Waals surface area (Å²) in [6.07, 6.45) is 7.06. The van der Waals surface area contributed by atoms with Gasteiger partial charge in [-0.05, 0) is 76.7 Å². The Bertz CT molecular complexity index is 2040. The van der Waals surface area contributed by atoms with Gasteiger partial charge in [0.25, 0.3) is 0 Å². The zero-order valence-corrected chi connectivity index (χ0v) is 27.5. The van der Waals surface area contributed by atoms with Crippen molar-refractivity contribution < 1.29 is 38.1 Å². The number of hydrogen-bond acceptors (Lipinski definition) is 7. The first-order valence-electron chi connectivity index (χ1n) is 15.4. The molecule has 3 aromatic carbocycles. The molecule has 8 nitrogen and oxygen atoms in total. The van der Waals surface area contributed by atoms with Crippen LogP contribution in [-0.4, -0.2) is 42.7 Å². The van der Waals surface area contributed by atoms with Gasteiger partial charge in [-0.2, -0.15) is 0 Å². The molecule has 3 aromatic rings. The van der Waals surface area contributed by atoms with Crippen molar-refractivity contribution in [2.24, 2.45) is 17.8 Å². The Labute approximate surface area is 284 Å². The van der Waals surface area contributed by atoms with E-state index in [4.69, 9.17) is 9.47 Å². The number of ether oxygens (including phenoxy) is 2. The summed E-state index contributed by atoms with van der Waals surface area (Å²) in [6.45, 7) is 0. The van der Waals surface area contributed by atoms with Gasteiger partial charge in [0.15, 0.2) is 23.1 Å². The van der Waals surface area contributed by atoms with Crippen LogP contribution in [0.1, 0.15) is 35.4 Å². The molecule has 1 heterocycles. The van der Waals surface area contributed by atoms with Gasteiger partial charge in [-0.15, -0.1) is 0 Å². The summed E-state index contributed by atoms with van der Waals surface area (Å²) in [6, 6.07) is 16.6. The summed E-state index contributed by atoms with van der Waals surface area (Å²) in [5, 5.41) is 10.8. The van der Waals surface area contributed by atoms with E-state index in [0.717, 1.165) is 17.2 Å². The third-order valence-corrected chi connectivity index (χ3v) is 10.3. The fourth-order valence-corrected chi connectivity index (χ4v) is 7.92. The standard InChI is InChI=1S/C38H29BrFNO7/c1-47-22-12-15-31(48-2)20(16-22)9-6-19-7-10-21(11-8-19)41-37(45)25-14-13-23-26(33(25)38(41)46)17-27-34(30(42)18-28(39)35(27)43)32(23)24-4-3-5-29(40)36(24)44/h3-13,15-16,18,25-26,32-33,44H,14,17H2,1-2H3/t25-,26+,32+,33-/m0/s1. The second-order valence-corrected chi connectivity index (χ2v) is 13.0. The molecule has 2 amide bonds. The molecule has 242 valence electrons. The van der Waals surface area contributed by atoms with Crippen LogP contribution in [0.2, 0.25) is 0 Å². The maximum Gasteiger partial charge on any atom is 0.238 e. The minimum atomic E-state index is -0.949. The second-order valence-electron chi connectivity index (χ2n) is 12.1. The number of benzene rings is 3. The molecule has 48 heavy (non-hydrogen) atoms. The van der Waals surface area contributed by atoms with E-state index >= 15 is 0 Å². The van der Waals surface area contributed by atoms with E-state index in [-0.39, 0.29) is 39.9 Å². The molecule has 1 N–H and O–H groups in total. The Balaban J connectivity index is 1.21. The number of aromatic hydroxyl groups is 1. The molecule has 0 spiro atoms. The minimum absolute atomic E-state index is 0.0623. The quantitative estimate of drug-likeness (QED) is 0.132. The Morgan fingerprint density at radius 2 is 1.71 bits per heavy atom. The summed E-state index contributed by atoms with van der Waals surface area (Å²) in [7, 11) is 3.18. The third kappa shape index (κ3) is 5.02. The number of anilines is 1. The van der Waals surface area contributed by atoms with Gasteiger partial charge in [0, 0.05) is 34.3 Å². The average molecular weight is 711 g/mol. The third-order valence-electron chi connectivity index (χ3n) is 9.70. The maximum atomic E-state index is 14.6. The number of fused-ring (bicyclic) bond motifs is 3. The number of allylic oxidation sites excluding steroid dienone is 6. The molecule has 1 saturated heterocycles. The number of hydrogen-bond donors (Lipinski definition) is 1. The van der Waals surface area contributed by atoms with E-state index in [1.165, 1.54) is 23.1 Å². The van der Waals surface area contributed by atoms with Crippen LogP contribution in [0.4, 0.5) is 10.1 Å². The number of rotatable bonds is 6. The first-order valence-corrected chi connectivity index (χ1v) is 16.2. The molecule has 0 radical (unpaired) electrons. The second kappa shape index (κ2) is 12.2. The molecule has 1 aliphatic heterocycles. The van der Waals surface area contributed by atoms with Gasteiger partial charge in [0.05, 0.1) is 36.2 Å². The number of phenols is 1. The van der Waals surface area contributed by atoms with E-state index in [9.17, 15) is 28.7 Å². The van der Waals surface area contributed by atoms with Crippen LogP contribution < -0.4 is 14.4 Å². The van der Waals surface area contributed by atoms with Crippen molar-refractivity contribution >= 4 is 57.2 Å². The van der Waals surface area contributed by atoms with E-state index in [1.807, 2.05) is 36.4 Å². The van der Waals surface area contributed by atoms with Gasteiger partial charge >= 0.3 is 0 Å². The fraction of sp³-hybridized carbons (Fsp3) is 0.211. The number of methoxy groups -OCH3 is 2. The minimum Gasteiger partial charge on any atom is -0.505 e. The van der Waals surface area contributed by atoms with Crippen molar-refractivity contribution in [1.29, 1.82) is 0 Å². The van der Waals surface area contributed by atoms with Gasteiger partial charge in [-0.25, -0.2) is 4.39 Å². The van der Waals surface area contributed by atoms with Crippen LogP contribution in [0.3, 0.4) is 0 Å². The highest BCUT2D eigenvalue weighted by molar-refractivity contribution is 9.12. The monoisotopic (exact) mass is 709 g/mol. The number of carbonyl (C=O) groups is 4. The molecule has 4 aliphatic rings. The lowest BCUT2D eigenvalue weighted by Gasteiger charge is -2.42. The number of imide groups is 1. The van der Waals surface area contributed by atoms with Gasteiger partial charge in [0.2, 0.25) is 11.8 Å². The van der Waals surface area contributed by atoms with Crippen LogP contribution in [-0.2, 0) is 19.2 Å². The molecule has 4 atom stereocenters. The topological polar surface area (TPSA) is 110 Å². The summed E-state index contributed by atoms with van der Waals surface area (Å²) in [5.74, 6) is -4.76. The van der Waals surface area contributed by atoms with Crippen molar-refractivity contribution in [1.82, 2.24) is 0 Å². The van der Waals surface area contributed by atoms with Crippen LogP contribution in [0.15, 0.2) is 94.0 Å². The van der Waals surface area contributed by atoms with Gasteiger partial charge in [0.1, 0.15) is 11.5 Å². The van der Waals surface area contributed by atoms with Crippen LogP contribution in [0, 0.1) is 23.6 Å². The Morgan fingerprint density at radius 1 is 0.938 bits per heavy atom. The van der Waals surface area contributed by atoms with Crippen molar-refractivity contribution in [2.45, 2.75) is 18.8 Å². The van der Waals surface area contributed by atoms with Gasteiger partial charge in [-0.1, -0.05) is 48.1 Å². The fourth-order valence-electron chi connectivity index (χ4n) is 7.47. The van der Waals surface area contributed by atoms with Crippen LogP contribution in [0.5, 0.6) is 17.2 Å². The summed E-state index contributed by atoms with van der Waals surface area (Å²) in [5.41, 5.74) is 3.18. The first-order chi connectivity index (χ1) is 23.1. The van der Waals surface area contributed by atoms with Crippen molar-refractivity contribution in [3.05, 3.63) is 117 Å². The summed E-state index contributed by atoms with van der Waals surface area (Å²) in [4.78, 5) is 56.0. The largest absolute Gasteiger partial charge is 0.505 e. The number of amides is 2. The molecule has 10 heteroatoms. The predicted octanol–water partition coefficient (Wildman–Crippen LogP) is 6.69. The van der Waals surface area contributed by atoms with E-state index < -0.39 is 52.7 Å². The lowest BCUT2D eigenvalue weighted by Crippen LogP contribution is -2.39. The highest BCUT2D eigenvalue weighted by Crippen LogP contribution is 2.56. The van der Waals surface area contributed by atoms with Crippen LogP contribution >= 0.6 is 15.9 Å². The normalized spacial score (nSPS) is 23.5. The highest BCUT2D eigenvalue weighted by atomic mass is 79.9. The van der Waals surface area contributed by atoms with Crippen LogP contribution in [0.25, 0.3) is 12.2 Å². The predicted molar refractivity (Wildman–Crippen MR) is 180 cm³/mol. The summed E-state index contributed by atoms with van der Waals surface area (Å²) >= 11 is 3.19. The molecule has 7 rings (SSSR count). The Kier molecular flexibility index (Phi) is 7.99. The SMILES string of the molecule is COc1ccc(OC)c(C=Cc2ccc(N3C(=O)[C@H]4[C@H](CC=C5[C@H](c6cccc(F)c6O)C6=C(C[C@H]54)C(=O)C(Br)=CC6=O)C3=O)cc2)c1. The zero-order chi connectivity index (χ0) is 33.9. The number of para-hydroxylation sites is 1. The molecular weight excluding hydrogens is 681 g/mol. The number of nitrogens with zero attached hydrogens (tertiary/aromatic N) is 1.